The Morgan fingerprint density at radius 3 is 3.00 bits per heavy atom. The summed E-state index contributed by atoms with van der Waals surface area (Å²) in [5, 5.41) is 9.14. The minimum absolute atomic E-state index is 0.281. The topological polar surface area (TPSA) is 59.7 Å². The molecule has 1 unspecified atom stereocenters. The summed E-state index contributed by atoms with van der Waals surface area (Å²) in [7, 11) is 0. The van der Waals surface area contributed by atoms with Crippen LogP contribution in [0, 0.1) is 5.41 Å². The zero-order valence-corrected chi connectivity index (χ0v) is 7.73. The molecule has 1 atom stereocenters. The molecule has 2 heterocycles. The summed E-state index contributed by atoms with van der Waals surface area (Å²) in [6.07, 6.45) is 2.53. The summed E-state index contributed by atoms with van der Waals surface area (Å²) >= 11 is 0. The van der Waals surface area contributed by atoms with E-state index in [2.05, 4.69) is 0 Å². The molecule has 1 aliphatic rings. The van der Waals surface area contributed by atoms with Crippen molar-refractivity contribution in [2.45, 2.75) is 12.8 Å². The highest BCUT2D eigenvalue weighted by Crippen LogP contribution is 2.33. The lowest BCUT2D eigenvalue weighted by Gasteiger charge is -2.20. The molecular weight excluding hydrogens is 184 g/mol. The zero-order valence-electron chi connectivity index (χ0n) is 7.73. The van der Waals surface area contributed by atoms with E-state index in [1.165, 1.54) is 0 Å². The maximum absolute atomic E-state index is 11.1. The van der Waals surface area contributed by atoms with Gasteiger partial charge in [0, 0.05) is 13.0 Å². The molecule has 4 nitrogen and oxygen atoms in total. The van der Waals surface area contributed by atoms with Crippen LogP contribution < -0.4 is 0 Å². The van der Waals surface area contributed by atoms with E-state index in [0.29, 0.717) is 25.2 Å². The van der Waals surface area contributed by atoms with Gasteiger partial charge in [-0.1, -0.05) is 0 Å². The van der Waals surface area contributed by atoms with Crippen molar-refractivity contribution in [2.75, 3.05) is 13.2 Å². The summed E-state index contributed by atoms with van der Waals surface area (Å²) in [6, 6.07) is 3.56. The molecule has 1 aromatic rings. The lowest BCUT2D eigenvalue weighted by atomic mass is 9.83. The number of carboxylic acids is 1. The van der Waals surface area contributed by atoms with Gasteiger partial charge in [-0.05, 0) is 18.6 Å². The number of aliphatic carboxylic acids is 1. The highest BCUT2D eigenvalue weighted by molar-refractivity contribution is 5.75. The number of ether oxygens (including phenoxy) is 1. The average Bonchev–Trinajstić information content (AvgIpc) is 2.76. The predicted octanol–water partition coefficient (Wildman–Crippen LogP) is 1.31. The van der Waals surface area contributed by atoms with Crippen LogP contribution in [0.1, 0.15) is 12.2 Å². The summed E-state index contributed by atoms with van der Waals surface area (Å²) < 4.78 is 10.3. The van der Waals surface area contributed by atoms with Gasteiger partial charge in [-0.15, -0.1) is 0 Å². The van der Waals surface area contributed by atoms with E-state index in [-0.39, 0.29) is 6.61 Å². The highest BCUT2D eigenvalue weighted by Gasteiger charge is 2.43. The van der Waals surface area contributed by atoms with Crippen LogP contribution in [-0.2, 0) is 16.0 Å². The Kier molecular flexibility index (Phi) is 2.29. The first-order chi connectivity index (χ1) is 6.73. The molecule has 14 heavy (non-hydrogen) atoms. The lowest BCUT2D eigenvalue weighted by molar-refractivity contribution is -0.149. The van der Waals surface area contributed by atoms with Gasteiger partial charge in [0.15, 0.2) is 0 Å². The van der Waals surface area contributed by atoms with Crippen LogP contribution in [0.3, 0.4) is 0 Å². The molecule has 2 rings (SSSR count). The van der Waals surface area contributed by atoms with Crippen molar-refractivity contribution >= 4 is 5.97 Å². The minimum atomic E-state index is -0.800. The van der Waals surface area contributed by atoms with E-state index in [4.69, 9.17) is 14.3 Å². The third kappa shape index (κ3) is 1.53. The van der Waals surface area contributed by atoms with Crippen LogP contribution in [0.15, 0.2) is 22.8 Å². The normalized spacial score (nSPS) is 26.6. The van der Waals surface area contributed by atoms with E-state index in [0.717, 1.165) is 0 Å². The third-order valence-corrected chi connectivity index (χ3v) is 2.65. The number of carboxylic acid groups (broad SMARTS) is 1. The van der Waals surface area contributed by atoms with Crippen LogP contribution in [0.25, 0.3) is 0 Å². The molecule has 0 bridgehead atoms. The molecular formula is C10H12O4. The molecule has 0 radical (unpaired) electrons. The van der Waals surface area contributed by atoms with Gasteiger partial charge in [-0.2, -0.15) is 0 Å². The second-order valence-corrected chi connectivity index (χ2v) is 3.64. The lowest BCUT2D eigenvalue weighted by Crippen LogP contribution is -2.33. The smallest absolute Gasteiger partial charge is 0.312 e. The zero-order chi connectivity index (χ0) is 10.0. The van der Waals surface area contributed by atoms with E-state index >= 15 is 0 Å². The van der Waals surface area contributed by atoms with Crippen LogP contribution in [-0.4, -0.2) is 24.3 Å². The first-order valence-electron chi connectivity index (χ1n) is 4.56. The fourth-order valence-electron chi connectivity index (χ4n) is 1.74. The number of hydrogen-bond acceptors (Lipinski definition) is 3. The first-order valence-corrected chi connectivity index (χ1v) is 4.56. The quantitative estimate of drug-likeness (QED) is 0.791. The Morgan fingerprint density at radius 1 is 1.64 bits per heavy atom. The van der Waals surface area contributed by atoms with Gasteiger partial charge < -0.3 is 14.3 Å². The predicted molar refractivity (Wildman–Crippen MR) is 47.9 cm³/mol. The van der Waals surface area contributed by atoms with Gasteiger partial charge in [0.25, 0.3) is 0 Å². The molecule has 1 fully saturated rings. The molecule has 1 saturated heterocycles. The largest absolute Gasteiger partial charge is 0.481 e. The van der Waals surface area contributed by atoms with E-state index < -0.39 is 11.4 Å². The number of rotatable bonds is 3. The van der Waals surface area contributed by atoms with E-state index in [9.17, 15) is 4.79 Å². The molecule has 0 amide bonds. The van der Waals surface area contributed by atoms with Crippen LogP contribution >= 0.6 is 0 Å². The van der Waals surface area contributed by atoms with Crippen molar-refractivity contribution in [1.82, 2.24) is 0 Å². The maximum Gasteiger partial charge on any atom is 0.312 e. The van der Waals surface area contributed by atoms with Crippen molar-refractivity contribution in [3.05, 3.63) is 24.2 Å². The molecule has 0 saturated carbocycles. The number of furan rings is 1. The molecule has 1 aromatic heterocycles. The standard InChI is InChI=1S/C10H12O4/c11-9(12)10(3-5-13-7-10)6-8-2-1-4-14-8/h1-2,4H,3,5-7H2,(H,11,12). The molecule has 76 valence electrons. The summed E-state index contributed by atoms with van der Waals surface area (Å²) in [5.41, 5.74) is -0.780. The van der Waals surface area contributed by atoms with Crippen molar-refractivity contribution < 1.29 is 19.1 Å². The highest BCUT2D eigenvalue weighted by atomic mass is 16.5. The maximum atomic E-state index is 11.1. The van der Waals surface area contributed by atoms with Gasteiger partial charge in [0.2, 0.25) is 0 Å². The van der Waals surface area contributed by atoms with Crippen LogP contribution in [0.4, 0.5) is 0 Å². The van der Waals surface area contributed by atoms with Crippen molar-refractivity contribution in [2.24, 2.45) is 5.41 Å². The molecule has 0 spiro atoms. The fourth-order valence-corrected chi connectivity index (χ4v) is 1.74. The van der Waals surface area contributed by atoms with Gasteiger partial charge in [0.1, 0.15) is 11.2 Å². The first kappa shape index (κ1) is 9.27. The van der Waals surface area contributed by atoms with E-state index in [1.807, 2.05) is 0 Å². The second-order valence-electron chi connectivity index (χ2n) is 3.64. The number of hydrogen-bond donors (Lipinski definition) is 1. The van der Waals surface area contributed by atoms with Crippen molar-refractivity contribution in [3.8, 4) is 0 Å². The summed E-state index contributed by atoms with van der Waals surface area (Å²) in [4.78, 5) is 11.1. The Hall–Kier alpha value is -1.29. The molecule has 4 heteroatoms. The Bertz CT molecular complexity index is 309. The average molecular weight is 196 g/mol. The summed E-state index contributed by atoms with van der Waals surface area (Å²) in [6.45, 7) is 0.802. The Morgan fingerprint density at radius 2 is 2.50 bits per heavy atom. The summed E-state index contributed by atoms with van der Waals surface area (Å²) in [5.74, 6) is -0.0932. The van der Waals surface area contributed by atoms with Crippen molar-refractivity contribution in [1.29, 1.82) is 0 Å². The third-order valence-electron chi connectivity index (χ3n) is 2.65. The Balaban J connectivity index is 2.16. The molecule has 1 N–H and O–H groups in total. The van der Waals surface area contributed by atoms with Gasteiger partial charge >= 0.3 is 5.97 Å². The van der Waals surface area contributed by atoms with Gasteiger partial charge in [-0.25, -0.2) is 0 Å². The Labute approximate surface area is 81.5 Å². The molecule has 1 aliphatic heterocycles. The van der Waals surface area contributed by atoms with Crippen LogP contribution in [0.5, 0.6) is 0 Å². The number of carbonyl (C=O) groups is 1. The van der Waals surface area contributed by atoms with Crippen LogP contribution in [0.2, 0.25) is 0 Å². The van der Waals surface area contributed by atoms with Gasteiger partial charge in [-0.3, -0.25) is 4.79 Å². The van der Waals surface area contributed by atoms with Gasteiger partial charge in [0.05, 0.1) is 12.9 Å². The fraction of sp³-hybridized carbons (Fsp3) is 0.500. The minimum Gasteiger partial charge on any atom is -0.481 e. The molecule has 0 aliphatic carbocycles. The SMILES string of the molecule is O=C(O)C1(Cc2ccco2)CCOC1. The van der Waals surface area contributed by atoms with E-state index in [1.54, 1.807) is 18.4 Å². The second kappa shape index (κ2) is 3.46. The van der Waals surface area contributed by atoms with Crippen molar-refractivity contribution in [3.63, 3.8) is 0 Å². The monoisotopic (exact) mass is 196 g/mol. The molecule has 0 aromatic carbocycles.